The number of hydrogen-bond donors (Lipinski definition) is 0. The van der Waals surface area contributed by atoms with Crippen molar-refractivity contribution in [3.05, 3.63) is 77.7 Å². The maximum atomic E-state index is 15.5. The number of aromatic nitrogens is 4. The highest BCUT2D eigenvalue weighted by Crippen LogP contribution is 2.47. The van der Waals surface area contributed by atoms with Crippen LogP contribution in [0.4, 0.5) is 4.39 Å². The summed E-state index contributed by atoms with van der Waals surface area (Å²) in [7, 11) is -0.724. The van der Waals surface area contributed by atoms with Gasteiger partial charge in [-0.2, -0.15) is 9.67 Å². The average molecular weight is 633 g/mol. The molecular formula is C34H41FN4O5Si. The average Bonchev–Trinajstić information content (AvgIpc) is 3.71. The SMILES string of the molecule is Cc1cc(OCC2(C(=O)OCc3ccccc3)CC2)ncc1-c1ccc(-c2nc(OC(C)C)n(COCC[SiH](C)C)n2)c(F)c1. The van der Waals surface area contributed by atoms with E-state index in [2.05, 4.69) is 28.2 Å². The molecule has 0 radical (unpaired) electrons. The fraction of sp³-hybridized carbons (Fsp3) is 0.412. The van der Waals surface area contributed by atoms with E-state index >= 15 is 4.39 Å². The first-order chi connectivity index (χ1) is 21.6. The minimum atomic E-state index is -0.724. The maximum absolute atomic E-state index is 15.5. The third-order valence-electron chi connectivity index (χ3n) is 7.63. The van der Waals surface area contributed by atoms with E-state index in [0.29, 0.717) is 36.9 Å². The van der Waals surface area contributed by atoms with Gasteiger partial charge in [0.25, 0.3) is 0 Å². The molecule has 0 bridgehead atoms. The number of carbonyl (C=O) groups is 1. The molecule has 5 rings (SSSR count). The van der Waals surface area contributed by atoms with E-state index < -0.39 is 20.0 Å². The van der Waals surface area contributed by atoms with Crippen LogP contribution < -0.4 is 9.47 Å². The highest BCUT2D eigenvalue weighted by Gasteiger charge is 2.52. The Labute approximate surface area is 265 Å². The van der Waals surface area contributed by atoms with Crippen LogP contribution in [-0.4, -0.2) is 53.8 Å². The van der Waals surface area contributed by atoms with E-state index in [4.69, 9.17) is 18.9 Å². The van der Waals surface area contributed by atoms with Crippen molar-refractivity contribution in [3.63, 3.8) is 0 Å². The summed E-state index contributed by atoms with van der Waals surface area (Å²) in [5, 5.41) is 4.49. The number of rotatable bonds is 15. The van der Waals surface area contributed by atoms with Gasteiger partial charge in [0.2, 0.25) is 5.88 Å². The molecule has 0 atom stereocenters. The van der Waals surface area contributed by atoms with Crippen LogP contribution in [0.25, 0.3) is 22.5 Å². The lowest BCUT2D eigenvalue weighted by atomic mass is 10.0. The minimum Gasteiger partial charge on any atom is -0.476 e. The molecule has 1 saturated carbocycles. The number of esters is 1. The van der Waals surface area contributed by atoms with Gasteiger partial charge in [-0.3, -0.25) is 4.79 Å². The normalized spacial score (nSPS) is 13.7. The van der Waals surface area contributed by atoms with Crippen LogP contribution in [0.1, 0.15) is 37.8 Å². The Hall–Kier alpha value is -4.09. The molecule has 0 unspecified atom stereocenters. The maximum Gasteiger partial charge on any atom is 0.317 e. The topological polar surface area (TPSA) is 97.6 Å². The second-order valence-electron chi connectivity index (χ2n) is 12.3. The van der Waals surface area contributed by atoms with Crippen molar-refractivity contribution in [2.75, 3.05) is 13.2 Å². The first-order valence-corrected chi connectivity index (χ1v) is 18.6. The molecule has 2 aromatic heterocycles. The number of hydrogen-bond acceptors (Lipinski definition) is 8. The van der Waals surface area contributed by atoms with Gasteiger partial charge >= 0.3 is 12.0 Å². The molecule has 45 heavy (non-hydrogen) atoms. The van der Waals surface area contributed by atoms with Gasteiger partial charge in [-0.1, -0.05) is 49.5 Å². The van der Waals surface area contributed by atoms with Gasteiger partial charge < -0.3 is 18.9 Å². The number of halogens is 1. The molecule has 9 nitrogen and oxygen atoms in total. The van der Waals surface area contributed by atoms with E-state index in [1.165, 1.54) is 10.7 Å². The number of carbonyl (C=O) groups excluding carboxylic acids is 1. The molecule has 0 amide bonds. The van der Waals surface area contributed by atoms with Gasteiger partial charge in [0, 0.05) is 33.2 Å². The Bertz CT molecular complexity index is 1610. The summed E-state index contributed by atoms with van der Waals surface area (Å²) in [5.41, 5.74) is 2.86. The van der Waals surface area contributed by atoms with E-state index in [0.717, 1.165) is 22.7 Å². The zero-order valence-electron chi connectivity index (χ0n) is 26.6. The molecule has 4 aromatic rings. The molecule has 1 aliphatic carbocycles. The van der Waals surface area contributed by atoms with Crippen molar-refractivity contribution in [1.29, 1.82) is 0 Å². The summed E-state index contributed by atoms with van der Waals surface area (Å²) in [4.78, 5) is 21.7. The first-order valence-electron chi connectivity index (χ1n) is 15.4. The third kappa shape index (κ3) is 8.34. The van der Waals surface area contributed by atoms with Crippen LogP contribution in [0, 0.1) is 18.2 Å². The molecule has 2 heterocycles. The number of ether oxygens (including phenoxy) is 4. The predicted molar refractivity (Wildman–Crippen MR) is 172 cm³/mol. The number of nitrogens with zero attached hydrogens (tertiary/aromatic N) is 4. The van der Waals surface area contributed by atoms with Gasteiger partial charge in [-0.05, 0) is 68.5 Å². The Morgan fingerprint density at radius 3 is 2.53 bits per heavy atom. The van der Waals surface area contributed by atoms with Crippen LogP contribution >= 0.6 is 0 Å². The van der Waals surface area contributed by atoms with Gasteiger partial charge in [-0.25, -0.2) is 9.37 Å². The zero-order chi connectivity index (χ0) is 32.0. The minimum absolute atomic E-state index is 0.123. The highest BCUT2D eigenvalue weighted by atomic mass is 28.3. The van der Waals surface area contributed by atoms with Crippen molar-refractivity contribution >= 4 is 14.8 Å². The first kappa shape index (κ1) is 32.3. The Morgan fingerprint density at radius 2 is 1.87 bits per heavy atom. The molecule has 1 fully saturated rings. The standard InChI is InChI=1S/C34H41FN4O5Si/c1-23(2)44-33-37-31(38-39(33)22-41-15-16-45(4)5)27-12-11-26(18-29(27)35)28-19-36-30(17-24(28)3)43-21-34(13-14-34)32(40)42-20-25-9-7-6-8-10-25/h6-12,17-19,23,45H,13-16,20-22H2,1-5H3. The predicted octanol–water partition coefficient (Wildman–Crippen LogP) is 6.61. The van der Waals surface area contributed by atoms with E-state index in [1.54, 1.807) is 18.3 Å². The van der Waals surface area contributed by atoms with Crippen LogP contribution in [0.2, 0.25) is 19.1 Å². The lowest BCUT2D eigenvalue weighted by molar-refractivity contribution is -0.152. The number of benzene rings is 2. The number of pyridine rings is 1. The molecule has 0 spiro atoms. The molecule has 0 saturated heterocycles. The van der Waals surface area contributed by atoms with E-state index in [1.807, 2.05) is 57.2 Å². The van der Waals surface area contributed by atoms with Crippen LogP contribution in [0.15, 0.2) is 60.8 Å². The number of aryl methyl sites for hydroxylation is 1. The third-order valence-corrected chi connectivity index (χ3v) is 9.02. The van der Waals surface area contributed by atoms with Crippen LogP contribution in [0.5, 0.6) is 11.9 Å². The molecule has 11 heteroatoms. The fourth-order valence-corrected chi connectivity index (χ4v) is 5.35. The smallest absolute Gasteiger partial charge is 0.317 e. The van der Waals surface area contributed by atoms with Gasteiger partial charge in [0.1, 0.15) is 31.2 Å². The van der Waals surface area contributed by atoms with Gasteiger partial charge in [-0.15, -0.1) is 5.10 Å². The van der Waals surface area contributed by atoms with Crippen molar-refractivity contribution in [3.8, 4) is 34.4 Å². The second-order valence-corrected chi connectivity index (χ2v) is 15.6. The quantitative estimate of drug-likeness (QED) is 0.0821. The Kier molecular flexibility index (Phi) is 10.3. The summed E-state index contributed by atoms with van der Waals surface area (Å²) < 4.78 is 40.1. The summed E-state index contributed by atoms with van der Waals surface area (Å²) in [6, 6.07) is 17.7. The highest BCUT2D eigenvalue weighted by molar-refractivity contribution is 6.55. The lowest BCUT2D eigenvalue weighted by Crippen LogP contribution is -2.26. The lowest BCUT2D eigenvalue weighted by Gasteiger charge is -2.16. The molecule has 0 aliphatic heterocycles. The Balaban J connectivity index is 1.23. The Morgan fingerprint density at radius 1 is 1.09 bits per heavy atom. The monoisotopic (exact) mass is 632 g/mol. The largest absolute Gasteiger partial charge is 0.476 e. The second kappa shape index (κ2) is 14.3. The van der Waals surface area contributed by atoms with Crippen LogP contribution in [0.3, 0.4) is 0 Å². The molecule has 1 aliphatic rings. The zero-order valence-corrected chi connectivity index (χ0v) is 27.7. The summed E-state index contributed by atoms with van der Waals surface area (Å²) in [5.74, 6) is -0.0817. The van der Waals surface area contributed by atoms with Gasteiger partial charge in [0.05, 0.1) is 11.7 Å². The van der Waals surface area contributed by atoms with Crippen molar-refractivity contribution in [2.24, 2.45) is 5.41 Å². The van der Waals surface area contributed by atoms with Gasteiger partial charge in [0.15, 0.2) is 5.82 Å². The molecular weight excluding hydrogens is 591 g/mol. The van der Waals surface area contributed by atoms with Crippen molar-refractivity contribution < 1.29 is 28.1 Å². The van der Waals surface area contributed by atoms with E-state index in [9.17, 15) is 4.79 Å². The fourth-order valence-electron chi connectivity index (χ4n) is 4.72. The van der Waals surface area contributed by atoms with Crippen molar-refractivity contribution in [2.45, 2.75) is 72.2 Å². The summed E-state index contributed by atoms with van der Waals surface area (Å²) in [6.07, 6.45) is 2.97. The summed E-state index contributed by atoms with van der Waals surface area (Å²) in [6.45, 7) is 11.5. The summed E-state index contributed by atoms with van der Waals surface area (Å²) >= 11 is 0. The molecule has 2 aromatic carbocycles. The van der Waals surface area contributed by atoms with Crippen molar-refractivity contribution in [1.82, 2.24) is 19.7 Å². The molecule has 0 N–H and O–H groups in total. The van der Waals surface area contributed by atoms with E-state index in [-0.39, 0.29) is 43.4 Å². The van der Waals surface area contributed by atoms with Crippen LogP contribution in [-0.2, 0) is 27.6 Å². The molecule has 238 valence electrons.